The first-order chi connectivity index (χ1) is 9.35. The summed E-state index contributed by atoms with van der Waals surface area (Å²) in [4.78, 5) is 9.20. The van der Waals surface area contributed by atoms with Crippen molar-refractivity contribution in [3.8, 4) is 0 Å². The van der Waals surface area contributed by atoms with Crippen molar-refractivity contribution in [2.75, 3.05) is 33.7 Å². The van der Waals surface area contributed by atoms with Gasteiger partial charge in [-0.25, -0.2) is 0 Å². The molecule has 2 rings (SSSR count). The Hall–Kier alpha value is -0.980. The van der Waals surface area contributed by atoms with Crippen LogP contribution in [0.3, 0.4) is 0 Å². The molecule has 0 bridgehead atoms. The molecule has 0 spiro atoms. The van der Waals surface area contributed by atoms with Gasteiger partial charge in [-0.05, 0) is 53.9 Å². The first-order valence-corrected chi connectivity index (χ1v) is 7.35. The van der Waals surface area contributed by atoms with Crippen molar-refractivity contribution in [1.29, 1.82) is 0 Å². The summed E-state index contributed by atoms with van der Waals surface area (Å²) >= 11 is 0. The highest BCUT2D eigenvalue weighted by Crippen LogP contribution is 2.21. The van der Waals surface area contributed by atoms with Crippen LogP contribution in [0.15, 0.2) is 4.52 Å². The Bertz CT molecular complexity index is 425. The fraction of sp³-hybridized carbons (Fsp3) is 0.857. The minimum atomic E-state index is -0.200. The van der Waals surface area contributed by atoms with E-state index in [9.17, 15) is 0 Å². The van der Waals surface area contributed by atoms with E-state index in [2.05, 4.69) is 34.0 Å². The number of aromatic nitrogens is 2. The Kier molecular flexibility index (Phi) is 4.78. The number of hydrogen-bond donors (Lipinski definition) is 1. The van der Waals surface area contributed by atoms with Gasteiger partial charge in [-0.1, -0.05) is 5.16 Å². The Morgan fingerprint density at radius 3 is 2.80 bits per heavy atom. The van der Waals surface area contributed by atoms with E-state index in [4.69, 9.17) is 10.3 Å². The topological polar surface area (TPSA) is 71.4 Å². The maximum absolute atomic E-state index is 5.99. The fourth-order valence-corrected chi connectivity index (χ4v) is 2.48. The zero-order chi connectivity index (χ0) is 14.8. The van der Waals surface area contributed by atoms with E-state index in [1.165, 1.54) is 6.42 Å². The quantitative estimate of drug-likeness (QED) is 0.889. The fourth-order valence-electron chi connectivity index (χ4n) is 2.48. The molecule has 0 aromatic carbocycles. The van der Waals surface area contributed by atoms with Gasteiger partial charge in [0.1, 0.15) is 0 Å². The molecule has 0 aliphatic carbocycles. The summed E-state index contributed by atoms with van der Waals surface area (Å²) in [7, 11) is 4.27. The molecule has 6 heteroatoms. The number of aryl methyl sites for hydroxylation is 1. The van der Waals surface area contributed by atoms with Crippen LogP contribution in [-0.2, 0) is 6.42 Å². The number of hydrogen-bond acceptors (Lipinski definition) is 6. The molecule has 0 amide bonds. The van der Waals surface area contributed by atoms with E-state index in [-0.39, 0.29) is 11.6 Å². The van der Waals surface area contributed by atoms with Crippen LogP contribution in [0.2, 0.25) is 0 Å². The summed E-state index contributed by atoms with van der Waals surface area (Å²) in [6.45, 7) is 7.15. The van der Waals surface area contributed by atoms with Crippen molar-refractivity contribution in [1.82, 2.24) is 19.9 Å². The van der Waals surface area contributed by atoms with E-state index >= 15 is 0 Å². The van der Waals surface area contributed by atoms with Crippen molar-refractivity contribution in [3.05, 3.63) is 11.7 Å². The second-order valence-corrected chi connectivity index (χ2v) is 6.65. The van der Waals surface area contributed by atoms with Gasteiger partial charge in [-0.15, -0.1) is 0 Å². The van der Waals surface area contributed by atoms with Crippen LogP contribution in [0.1, 0.15) is 44.4 Å². The number of nitrogens with two attached hydrogens (primary N) is 1. The molecular weight excluding hydrogens is 254 g/mol. The van der Waals surface area contributed by atoms with Crippen LogP contribution >= 0.6 is 0 Å². The predicted molar refractivity (Wildman–Crippen MR) is 78.4 cm³/mol. The van der Waals surface area contributed by atoms with Crippen LogP contribution < -0.4 is 5.73 Å². The van der Waals surface area contributed by atoms with E-state index in [0.29, 0.717) is 5.89 Å². The van der Waals surface area contributed by atoms with Crippen molar-refractivity contribution >= 4 is 0 Å². The first-order valence-electron chi connectivity index (χ1n) is 7.35. The second kappa shape index (κ2) is 6.20. The molecule has 1 aromatic rings. The van der Waals surface area contributed by atoms with E-state index in [0.717, 1.165) is 38.3 Å². The average Bonchev–Trinajstić information content (AvgIpc) is 2.74. The molecule has 2 N–H and O–H groups in total. The van der Waals surface area contributed by atoms with Gasteiger partial charge in [0.25, 0.3) is 0 Å². The Morgan fingerprint density at radius 2 is 2.10 bits per heavy atom. The van der Waals surface area contributed by atoms with Gasteiger partial charge in [-0.2, -0.15) is 4.98 Å². The molecule has 1 fully saturated rings. The lowest BCUT2D eigenvalue weighted by Gasteiger charge is -2.24. The Balaban J connectivity index is 2.03. The van der Waals surface area contributed by atoms with Gasteiger partial charge in [0.15, 0.2) is 5.82 Å². The smallest absolute Gasteiger partial charge is 0.226 e. The molecule has 0 saturated carbocycles. The summed E-state index contributed by atoms with van der Waals surface area (Å²) in [5.74, 6) is 1.49. The summed E-state index contributed by atoms with van der Waals surface area (Å²) in [6.07, 6.45) is 2.76. The third-order valence-electron chi connectivity index (χ3n) is 3.83. The Labute approximate surface area is 121 Å². The van der Waals surface area contributed by atoms with Gasteiger partial charge in [0, 0.05) is 18.5 Å². The maximum Gasteiger partial charge on any atom is 0.226 e. The molecule has 1 saturated heterocycles. The summed E-state index contributed by atoms with van der Waals surface area (Å²) in [5, 5.41) is 4.17. The summed E-state index contributed by atoms with van der Waals surface area (Å²) < 4.78 is 5.38. The zero-order valence-corrected chi connectivity index (χ0v) is 13.1. The SMILES string of the molecule is CN1CCCN(C)C(c2noc(CCC(C)(C)N)n2)C1. The third-order valence-corrected chi connectivity index (χ3v) is 3.83. The zero-order valence-electron chi connectivity index (χ0n) is 13.1. The van der Waals surface area contributed by atoms with Gasteiger partial charge < -0.3 is 15.2 Å². The Morgan fingerprint density at radius 1 is 1.35 bits per heavy atom. The van der Waals surface area contributed by atoms with Crippen molar-refractivity contribution in [2.24, 2.45) is 5.73 Å². The molecule has 1 atom stereocenters. The minimum absolute atomic E-state index is 0.200. The van der Waals surface area contributed by atoms with E-state index in [1.54, 1.807) is 0 Å². The number of rotatable bonds is 4. The van der Waals surface area contributed by atoms with Crippen LogP contribution in [0, 0.1) is 0 Å². The van der Waals surface area contributed by atoms with Crippen molar-refractivity contribution < 1.29 is 4.52 Å². The number of likely N-dealkylation sites (N-methyl/N-ethyl adjacent to an activating group) is 2. The highest BCUT2D eigenvalue weighted by Gasteiger charge is 2.26. The van der Waals surface area contributed by atoms with Gasteiger partial charge in [0.2, 0.25) is 5.89 Å². The van der Waals surface area contributed by atoms with Crippen LogP contribution in [0.25, 0.3) is 0 Å². The number of nitrogens with zero attached hydrogens (tertiary/aromatic N) is 4. The van der Waals surface area contributed by atoms with Crippen LogP contribution in [0.5, 0.6) is 0 Å². The van der Waals surface area contributed by atoms with Gasteiger partial charge in [0.05, 0.1) is 6.04 Å². The maximum atomic E-state index is 5.99. The van der Waals surface area contributed by atoms with Gasteiger partial charge in [-0.3, -0.25) is 4.90 Å². The van der Waals surface area contributed by atoms with Crippen LogP contribution in [-0.4, -0.2) is 59.2 Å². The summed E-state index contributed by atoms with van der Waals surface area (Å²) in [6, 6.07) is 0.214. The second-order valence-electron chi connectivity index (χ2n) is 6.65. The molecular formula is C14H27N5O. The van der Waals surface area contributed by atoms with Crippen LogP contribution in [0.4, 0.5) is 0 Å². The normalized spacial score (nSPS) is 22.9. The van der Waals surface area contributed by atoms with E-state index in [1.807, 2.05) is 13.8 Å². The molecule has 1 unspecified atom stereocenters. The summed E-state index contributed by atoms with van der Waals surface area (Å²) in [5.41, 5.74) is 5.79. The first kappa shape index (κ1) is 15.4. The average molecular weight is 281 g/mol. The standard InChI is InChI=1S/C14H27N5O/c1-14(2,15)7-6-12-16-13(17-20-12)11-10-18(3)8-5-9-19(11)4/h11H,5-10,15H2,1-4H3. The minimum Gasteiger partial charge on any atom is -0.339 e. The molecule has 1 aliphatic rings. The monoisotopic (exact) mass is 281 g/mol. The van der Waals surface area contributed by atoms with Crippen molar-refractivity contribution in [3.63, 3.8) is 0 Å². The molecule has 6 nitrogen and oxygen atoms in total. The predicted octanol–water partition coefficient (Wildman–Crippen LogP) is 1.05. The molecule has 114 valence electrons. The van der Waals surface area contributed by atoms with E-state index < -0.39 is 0 Å². The van der Waals surface area contributed by atoms with Gasteiger partial charge >= 0.3 is 0 Å². The third kappa shape index (κ3) is 4.26. The molecule has 20 heavy (non-hydrogen) atoms. The lowest BCUT2D eigenvalue weighted by Crippen LogP contribution is -2.32. The highest BCUT2D eigenvalue weighted by molar-refractivity contribution is 4.97. The van der Waals surface area contributed by atoms with Crippen molar-refractivity contribution in [2.45, 2.75) is 44.7 Å². The lowest BCUT2D eigenvalue weighted by atomic mass is 10.0. The molecule has 1 aliphatic heterocycles. The molecule has 1 aromatic heterocycles. The molecule has 0 radical (unpaired) electrons. The largest absolute Gasteiger partial charge is 0.339 e. The molecule has 2 heterocycles. The lowest BCUT2D eigenvalue weighted by molar-refractivity contribution is 0.214. The highest BCUT2D eigenvalue weighted by atomic mass is 16.5.